The summed E-state index contributed by atoms with van der Waals surface area (Å²) in [5.41, 5.74) is -2.82. The van der Waals surface area contributed by atoms with Crippen molar-refractivity contribution in [3.8, 4) is 11.3 Å². The van der Waals surface area contributed by atoms with Gasteiger partial charge in [-0.1, -0.05) is 0 Å². The molecule has 2 fully saturated rings. The van der Waals surface area contributed by atoms with E-state index < -0.39 is 46.2 Å². The van der Waals surface area contributed by atoms with Gasteiger partial charge in [0.05, 0.1) is 34.7 Å². The highest BCUT2D eigenvalue weighted by Crippen LogP contribution is 2.40. The van der Waals surface area contributed by atoms with Gasteiger partial charge in [-0.05, 0) is 27.8 Å². The van der Waals surface area contributed by atoms with E-state index in [1.807, 2.05) is 32.7 Å². The quantitative estimate of drug-likeness (QED) is 0.392. The van der Waals surface area contributed by atoms with E-state index in [1.165, 1.54) is 11.3 Å². The van der Waals surface area contributed by atoms with E-state index in [0.29, 0.717) is 43.9 Å². The largest absolute Gasteiger partial charge is 0.372 e. The molecule has 3 aromatic rings. The molecule has 0 radical (unpaired) electrons. The number of hydrogen-bond donors (Lipinski definition) is 2. The minimum Gasteiger partial charge on any atom is -0.372 e. The van der Waals surface area contributed by atoms with Gasteiger partial charge in [0.1, 0.15) is 11.5 Å². The maximum atomic E-state index is 16.4. The summed E-state index contributed by atoms with van der Waals surface area (Å²) >= 11 is 1.23. The molecule has 1 unspecified atom stereocenters. The maximum absolute atomic E-state index is 16.4. The average molecular weight is 609 g/mol. The lowest BCUT2D eigenvalue weighted by molar-refractivity contribution is -0.00522. The molecule has 0 aliphatic carbocycles. The van der Waals surface area contributed by atoms with E-state index in [2.05, 4.69) is 20.2 Å². The van der Waals surface area contributed by atoms with E-state index in [1.54, 1.807) is 10.3 Å². The number of carbonyl (C=O) groups is 1. The smallest absolute Gasteiger partial charge is 0.264 e. The summed E-state index contributed by atoms with van der Waals surface area (Å²) in [6.45, 7) is 8.39. The van der Waals surface area contributed by atoms with Crippen molar-refractivity contribution in [3.63, 3.8) is 0 Å². The molecule has 4 heterocycles. The van der Waals surface area contributed by atoms with Gasteiger partial charge in [0, 0.05) is 68.0 Å². The lowest BCUT2D eigenvalue weighted by atomic mass is 10.0. The van der Waals surface area contributed by atoms with Gasteiger partial charge in [-0.25, -0.2) is 22.5 Å². The molecule has 2 aliphatic heterocycles. The summed E-state index contributed by atoms with van der Waals surface area (Å²) in [4.78, 5) is 37.5. The fourth-order valence-electron chi connectivity index (χ4n) is 5.38. The minimum absolute atomic E-state index is 0.0390. The first-order valence-electron chi connectivity index (χ1n) is 13.6. The number of H-pyrrole nitrogens is 1. The highest BCUT2D eigenvalue weighted by molar-refractivity contribution is 7.14. The van der Waals surface area contributed by atoms with Crippen molar-refractivity contribution >= 4 is 33.8 Å². The molecule has 2 aliphatic rings. The van der Waals surface area contributed by atoms with Crippen molar-refractivity contribution in [3.05, 3.63) is 56.8 Å². The van der Waals surface area contributed by atoms with Gasteiger partial charge in [-0.15, -0.1) is 11.3 Å². The van der Waals surface area contributed by atoms with Crippen molar-refractivity contribution in [1.29, 1.82) is 0 Å². The van der Waals surface area contributed by atoms with Crippen LogP contribution in [0.4, 0.5) is 34.1 Å². The Bertz CT molecular complexity index is 1520. The van der Waals surface area contributed by atoms with Crippen LogP contribution >= 0.6 is 11.3 Å². The molecule has 0 saturated carbocycles. The number of hydrogen-bond acceptors (Lipinski definition) is 8. The molecular formula is C28H32F4N6O3S. The molecule has 9 nitrogen and oxygen atoms in total. The molecule has 5 rings (SSSR count). The summed E-state index contributed by atoms with van der Waals surface area (Å²) in [7, 11) is 1.94. The maximum Gasteiger partial charge on any atom is 0.264 e. The molecular weight excluding hydrogens is 576 g/mol. The first-order valence-corrected chi connectivity index (χ1v) is 14.5. The van der Waals surface area contributed by atoms with Gasteiger partial charge < -0.3 is 29.7 Å². The standard InChI is InChI=1S/C28H32F4N6O3S/c1-14-10-37(6-5-36(14)4)21-8-19(29)23(20-13-42-28(34-20)38-11-15(2)41-16(3)12-38)24(30)25(21)35-27(40)18-9-33-22(39)7-17(18)26(31)32/h7-9,13-16,26H,5-6,10-12H2,1-4H3,(H,33,39)(H,35,40)/t14?,15-,16+. The Morgan fingerprint density at radius 1 is 1.12 bits per heavy atom. The molecule has 42 heavy (non-hydrogen) atoms. The molecule has 226 valence electrons. The first-order chi connectivity index (χ1) is 19.9. The van der Waals surface area contributed by atoms with Gasteiger partial charge >= 0.3 is 0 Å². The first kappa shape index (κ1) is 30.0. The van der Waals surface area contributed by atoms with Gasteiger partial charge in [-0.2, -0.15) is 0 Å². The summed E-state index contributed by atoms with van der Waals surface area (Å²) in [6, 6.07) is 1.81. The number of halogens is 4. The zero-order chi connectivity index (χ0) is 30.3. The van der Waals surface area contributed by atoms with Gasteiger partial charge in [0.2, 0.25) is 5.56 Å². The number of pyridine rings is 1. The van der Waals surface area contributed by atoms with Crippen molar-refractivity contribution in [2.75, 3.05) is 54.9 Å². The number of thiazole rings is 1. The number of nitrogens with one attached hydrogen (secondary N) is 2. The van der Waals surface area contributed by atoms with Crippen LogP contribution < -0.4 is 20.7 Å². The highest BCUT2D eigenvalue weighted by Gasteiger charge is 2.31. The van der Waals surface area contributed by atoms with E-state index in [0.717, 1.165) is 12.3 Å². The van der Waals surface area contributed by atoms with Gasteiger partial charge in [-0.3, -0.25) is 9.59 Å². The van der Waals surface area contributed by atoms with Crippen LogP contribution in [-0.2, 0) is 4.74 Å². The monoisotopic (exact) mass is 608 g/mol. The highest BCUT2D eigenvalue weighted by atomic mass is 32.1. The molecule has 14 heteroatoms. The molecule has 2 N–H and O–H groups in total. The van der Waals surface area contributed by atoms with E-state index >= 15 is 8.78 Å². The van der Waals surface area contributed by atoms with Crippen LogP contribution in [0.1, 0.15) is 43.1 Å². The van der Waals surface area contributed by atoms with Crippen LogP contribution in [0.25, 0.3) is 11.3 Å². The second kappa shape index (κ2) is 12.0. The minimum atomic E-state index is -3.13. The third kappa shape index (κ3) is 6.01. The number of morpholine rings is 1. The van der Waals surface area contributed by atoms with Crippen molar-refractivity contribution < 1.29 is 27.1 Å². The molecule has 0 bridgehead atoms. The van der Waals surface area contributed by atoms with Crippen molar-refractivity contribution in [1.82, 2.24) is 14.9 Å². The zero-order valence-electron chi connectivity index (χ0n) is 23.6. The van der Waals surface area contributed by atoms with Gasteiger partial charge in [0.25, 0.3) is 12.3 Å². The molecule has 2 saturated heterocycles. The molecule has 1 aromatic carbocycles. The number of alkyl halides is 2. The van der Waals surface area contributed by atoms with Crippen LogP contribution in [0.5, 0.6) is 0 Å². The Balaban J connectivity index is 1.57. The predicted molar refractivity (Wildman–Crippen MR) is 154 cm³/mol. The number of carbonyl (C=O) groups excluding carboxylic acids is 1. The number of benzene rings is 1. The van der Waals surface area contributed by atoms with Crippen LogP contribution in [-0.4, -0.2) is 78.8 Å². The molecule has 2 aromatic heterocycles. The number of ether oxygens (including phenoxy) is 1. The lowest BCUT2D eigenvalue weighted by Crippen LogP contribution is -2.50. The normalized spacial score (nSPS) is 21.7. The predicted octanol–water partition coefficient (Wildman–Crippen LogP) is 4.72. The third-order valence-electron chi connectivity index (χ3n) is 7.61. The van der Waals surface area contributed by atoms with E-state index in [-0.39, 0.29) is 35.3 Å². The third-order valence-corrected chi connectivity index (χ3v) is 8.51. The molecule has 3 atom stereocenters. The Hall–Kier alpha value is -3.49. The number of aromatic amines is 1. The molecule has 0 spiro atoms. The SMILES string of the molecule is CC1CN(c2cc(F)c(-c3csc(N4C[C@@H](C)O[C@@H](C)C4)n3)c(F)c2NC(=O)c2c[nH]c(=O)cc2C(F)F)CCN1C. The number of rotatable bonds is 6. The second-order valence-corrected chi connectivity index (χ2v) is 11.7. The summed E-state index contributed by atoms with van der Waals surface area (Å²) in [5, 5.41) is 4.53. The van der Waals surface area contributed by atoms with Gasteiger partial charge in [0.15, 0.2) is 10.9 Å². The molecule has 1 amide bonds. The summed E-state index contributed by atoms with van der Waals surface area (Å²) in [6.07, 6.45) is -2.37. The number of piperazine rings is 1. The number of aromatic nitrogens is 2. The average Bonchev–Trinajstić information content (AvgIpc) is 3.41. The number of nitrogens with zero attached hydrogens (tertiary/aromatic N) is 4. The Kier molecular flexibility index (Phi) is 8.58. The van der Waals surface area contributed by atoms with Crippen LogP contribution in [0.15, 0.2) is 28.5 Å². The number of likely N-dealkylation sites (N-methyl/N-ethyl adjacent to an activating group) is 1. The zero-order valence-corrected chi connectivity index (χ0v) is 24.4. The summed E-state index contributed by atoms with van der Waals surface area (Å²) in [5.74, 6) is -3.02. The fourth-order valence-corrected chi connectivity index (χ4v) is 6.22. The Labute approximate surface area is 244 Å². The lowest BCUT2D eigenvalue weighted by Gasteiger charge is -2.39. The number of anilines is 3. The van der Waals surface area contributed by atoms with Crippen LogP contribution in [0.3, 0.4) is 0 Å². The van der Waals surface area contributed by atoms with E-state index in [9.17, 15) is 18.4 Å². The Morgan fingerprint density at radius 2 is 1.83 bits per heavy atom. The number of amides is 1. The Morgan fingerprint density at radius 3 is 2.50 bits per heavy atom. The van der Waals surface area contributed by atoms with E-state index in [4.69, 9.17) is 4.74 Å². The van der Waals surface area contributed by atoms with Crippen LogP contribution in [0, 0.1) is 11.6 Å². The second-order valence-electron chi connectivity index (χ2n) is 10.8. The van der Waals surface area contributed by atoms with Crippen molar-refractivity contribution in [2.45, 2.75) is 45.4 Å². The topological polar surface area (TPSA) is 93.8 Å². The summed E-state index contributed by atoms with van der Waals surface area (Å²) < 4.78 is 65.3. The van der Waals surface area contributed by atoms with Crippen molar-refractivity contribution in [2.24, 2.45) is 0 Å². The fraction of sp³-hybridized carbons (Fsp3) is 0.464. The van der Waals surface area contributed by atoms with Crippen LogP contribution in [0.2, 0.25) is 0 Å².